The van der Waals surface area contributed by atoms with Crippen LogP contribution in [0, 0.1) is 0 Å². The molecule has 0 bridgehead atoms. The van der Waals surface area contributed by atoms with Gasteiger partial charge in [0.1, 0.15) is 0 Å². The van der Waals surface area contributed by atoms with Crippen LogP contribution in [0.25, 0.3) is 11.1 Å². The van der Waals surface area contributed by atoms with Crippen molar-refractivity contribution in [1.29, 1.82) is 0 Å². The third-order valence-corrected chi connectivity index (χ3v) is 6.65. The van der Waals surface area contributed by atoms with Crippen molar-refractivity contribution >= 4 is 27.4 Å². The number of nitrogens with zero attached hydrogens (tertiary/aromatic N) is 3. The summed E-state index contributed by atoms with van der Waals surface area (Å²) in [6.45, 7) is 3.89. The first kappa shape index (κ1) is 21.0. The van der Waals surface area contributed by atoms with E-state index in [0.717, 1.165) is 5.69 Å². The Balaban J connectivity index is 1.79. The fourth-order valence-electron chi connectivity index (χ4n) is 3.34. The van der Waals surface area contributed by atoms with Crippen LogP contribution in [0.1, 0.15) is 6.92 Å². The van der Waals surface area contributed by atoms with Crippen LogP contribution in [0.15, 0.2) is 70.7 Å². The van der Waals surface area contributed by atoms with E-state index < -0.39 is 9.84 Å². The van der Waals surface area contributed by atoms with Gasteiger partial charge >= 0.3 is 0 Å². The normalized spacial score (nSPS) is 14.3. The molecule has 1 aliphatic rings. The number of aromatic nitrogens is 2. The Morgan fingerprint density at radius 3 is 2.29 bits per heavy atom. The second-order valence-corrected chi connectivity index (χ2v) is 9.06. The summed E-state index contributed by atoms with van der Waals surface area (Å²) in [4.78, 5) is 22.1. The third kappa shape index (κ3) is 4.73. The minimum absolute atomic E-state index is 0.192. The fourth-order valence-corrected chi connectivity index (χ4v) is 4.69. The maximum Gasteiger partial charge on any atom is 0.229 e. The molecule has 0 saturated carbocycles. The van der Waals surface area contributed by atoms with E-state index in [1.54, 1.807) is 54.9 Å². The lowest BCUT2D eigenvalue weighted by Gasteiger charge is -2.29. The quantitative estimate of drug-likeness (QED) is 0.654. The van der Waals surface area contributed by atoms with Crippen LogP contribution in [0.2, 0.25) is 0 Å². The van der Waals surface area contributed by atoms with Crippen molar-refractivity contribution in [3.8, 4) is 11.1 Å². The van der Waals surface area contributed by atoms with Gasteiger partial charge < -0.3 is 9.64 Å². The van der Waals surface area contributed by atoms with Crippen molar-refractivity contribution < 1.29 is 17.9 Å². The molecule has 1 amide bonds. The average molecular weight is 439 g/mol. The average Bonchev–Trinajstić information content (AvgIpc) is 2.80. The van der Waals surface area contributed by atoms with E-state index in [1.807, 2.05) is 6.07 Å². The second kappa shape index (κ2) is 8.83. The molecular formula is C22H22N4O4S. The predicted molar refractivity (Wildman–Crippen MR) is 117 cm³/mol. The van der Waals surface area contributed by atoms with Crippen LogP contribution < -0.4 is 10.2 Å². The van der Waals surface area contributed by atoms with Crippen LogP contribution in [0.3, 0.4) is 0 Å². The van der Waals surface area contributed by atoms with E-state index in [2.05, 4.69) is 20.2 Å². The summed E-state index contributed by atoms with van der Waals surface area (Å²) in [6.07, 6.45) is 3.13. The zero-order valence-electron chi connectivity index (χ0n) is 17.0. The summed E-state index contributed by atoms with van der Waals surface area (Å²) in [5.74, 6) is -0.0731. The topological polar surface area (TPSA) is 101 Å². The number of anilines is 2. The van der Waals surface area contributed by atoms with E-state index in [1.165, 1.54) is 6.92 Å². The predicted octanol–water partition coefficient (Wildman–Crippen LogP) is 2.77. The number of ether oxygens (including phenoxy) is 1. The van der Waals surface area contributed by atoms with Gasteiger partial charge in [0.15, 0.2) is 0 Å². The molecule has 8 nitrogen and oxygen atoms in total. The number of amides is 1. The minimum Gasteiger partial charge on any atom is -0.378 e. The first-order chi connectivity index (χ1) is 14.9. The van der Waals surface area contributed by atoms with Crippen molar-refractivity contribution in [2.45, 2.75) is 16.7 Å². The smallest absolute Gasteiger partial charge is 0.229 e. The first-order valence-corrected chi connectivity index (χ1v) is 11.3. The summed E-state index contributed by atoms with van der Waals surface area (Å²) >= 11 is 0. The Labute approximate surface area is 180 Å². The highest BCUT2D eigenvalue weighted by atomic mass is 32.2. The molecule has 1 aromatic heterocycles. The molecule has 9 heteroatoms. The Morgan fingerprint density at radius 2 is 1.65 bits per heavy atom. The number of hydrogen-bond donors (Lipinski definition) is 1. The number of nitrogens with one attached hydrogen (secondary N) is 1. The molecule has 160 valence electrons. The van der Waals surface area contributed by atoms with E-state index in [4.69, 9.17) is 4.74 Å². The molecule has 0 aliphatic carbocycles. The van der Waals surface area contributed by atoms with Gasteiger partial charge in [-0.2, -0.15) is 0 Å². The van der Waals surface area contributed by atoms with Gasteiger partial charge in [-0.05, 0) is 35.9 Å². The van der Waals surface area contributed by atoms with Gasteiger partial charge in [0.25, 0.3) is 0 Å². The third-order valence-electron chi connectivity index (χ3n) is 4.90. The summed E-state index contributed by atoms with van der Waals surface area (Å²) < 4.78 is 32.0. The van der Waals surface area contributed by atoms with Gasteiger partial charge in [-0.1, -0.05) is 18.2 Å². The van der Waals surface area contributed by atoms with Crippen molar-refractivity contribution in [3.63, 3.8) is 0 Å². The lowest BCUT2D eigenvalue weighted by Crippen LogP contribution is -2.36. The molecule has 1 N–H and O–H groups in total. The molecule has 1 fully saturated rings. The lowest BCUT2D eigenvalue weighted by atomic mass is 10.1. The van der Waals surface area contributed by atoms with Crippen LogP contribution in [-0.2, 0) is 19.4 Å². The summed E-state index contributed by atoms with van der Waals surface area (Å²) in [5.41, 5.74) is 2.11. The summed E-state index contributed by atoms with van der Waals surface area (Å²) in [5, 5.41) is 2.52. The molecule has 2 aromatic carbocycles. The van der Waals surface area contributed by atoms with Gasteiger partial charge in [0.05, 0.1) is 23.0 Å². The maximum atomic E-state index is 13.3. The summed E-state index contributed by atoms with van der Waals surface area (Å²) in [6, 6.07) is 13.6. The number of morpholine rings is 1. The first-order valence-electron chi connectivity index (χ1n) is 9.81. The molecular weight excluding hydrogens is 416 g/mol. The van der Waals surface area contributed by atoms with Crippen molar-refractivity contribution in [3.05, 3.63) is 60.9 Å². The highest BCUT2D eigenvalue weighted by Gasteiger charge is 2.21. The van der Waals surface area contributed by atoms with Gasteiger partial charge in [0, 0.05) is 43.7 Å². The molecule has 0 radical (unpaired) electrons. The van der Waals surface area contributed by atoms with Gasteiger partial charge in [-0.3, -0.25) is 10.1 Å². The van der Waals surface area contributed by atoms with Crippen molar-refractivity contribution in [2.24, 2.45) is 0 Å². The van der Waals surface area contributed by atoms with Crippen molar-refractivity contribution in [2.75, 3.05) is 36.5 Å². The van der Waals surface area contributed by atoms with Crippen LogP contribution in [0.5, 0.6) is 0 Å². The van der Waals surface area contributed by atoms with E-state index in [9.17, 15) is 13.2 Å². The highest BCUT2D eigenvalue weighted by Crippen LogP contribution is 2.32. The minimum atomic E-state index is -3.71. The van der Waals surface area contributed by atoms with E-state index in [-0.39, 0.29) is 21.6 Å². The molecule has 1 aliphatic heterocycles. The SMILES string of the molecule is CC(=O)Nc1ncc(-c2cc(N3CCOCC3)cc(S(=O)(=O)c3ccccc3)c2)cn1. The fraction of sp³-hybridized carbons (Fsp3) is 0.227. The Kier molecular flexibility index (Phi) is 5.97. The summed E-state index contributed by atoms with van der Waals surface area (Å²) in [7, 11) is -3.71. The lowest BCUT2D eigenvalue weighted by molar-refractivity contribution is -0.114. The molecule has 0 spiro atoms. The van der Waals surface area contributed by atoms with Gasteiger partial charge in [-0.15, -0.1) is 0 Å². The zero-order valence-corrected chi connectivity index (χ0v) is 17.8. The Morgan fingerprint density at radius 1 is 0.968 bits per heavy atom. The zero-order chi connectivity index (χ0) is 21.8. The number of benzene rings is 2. The van der Waals surface area contributed by atoms with Crippen molar-refractivity contribution in [1.82, 2.24) is 9.97 Å². The number of sulfone groups is 1. The van der Waals surface area contributed by atoms with Crippen LogP contribution in [0.4, 0.5) is 11.6 Å². The number of carbonyl (C=O) groups excluding carboxylic acids is 1. The van der Waals surface area contributed by atoms with E-state index >= 15 is 0 Å². The molecule has 4 rings (SSSR count). The van der Waals surface area contributed by atoms with Gasteiger partial charge in [0.2, 0.25) is 21.7 Å². The molecule has 0 atom stereocenters. The van der Waals surface area contributed by atoms with Gasteiger partial charge in [-0.25, -0.2) is 18.4 Å². The van der Waals surface area contributed by atoms with Crippen LogP contribution in [-0.4, -0.2) is 50.6 Å². The second-order valence-electron chi connectivity index (χ2n) is 7.11. The maximum absolute atomic E-state index is 13.3. The molecule has 2 heterocycles. The molecule has 1 saturated heterocycles. The Bertz CT molecular complexity index is 1180. The van der Waals surface area contributed by atoms with E-state index in [0.29, 0.717) is 37.4 Å². The van der Waals surface area contributed by atoms with Crippen LogP contribution >= 0.6 is 0 Å². The molecule has 31 heavy (non-hydrogen) atoms. The number of rotatable bonds is 5. The number of carbonyl (C=O) groups is 1. The standard InChI is InChI=1S/C22H22N4O4S/c1-16(27)25-22-23-14-18(15-24-22)17-11-19(26-7-9-30-10-8-26)13-21(12-17)31(28,29)20-5-3-2-4-6-20/h2-6,11-15H,7-10H2,1H3,(H,23,24,25,27). The number of hydrogen-bond acceptors (Lipinski definition) is 7. The molecule has 3 aromatic rings. The monoisotopic (exact) mass is 438 g/mol. The highest BCUT2D eigenvalue weighted by molar-refractivity contribution is 7.91. The molecule has 0 unspecified atom stereocenters. The largest absolute Gasteiger partial charge is 0.378 e. The Hall–Kier alpha value is -3.30.